The van der Waals surface area contributed by atoms with Gasteiger partial charge in [-0.15, -0.1) is 5.10 Å². The molecule has 27 heavy (non-hydrogen) atoms. The lowest BCUT2D eigenvalue weighted by Gasteiger charge is -2.15. The number of nitrogens with zero attached hydrogens (tertiary/aromatic N) is 3. The number of benzene rings is 1. The maximum Gasteiger partial charge on any atom is 0.350 e. The maximum absolute atomic E-state index is 12.4. The molecule has 3 N–H and O–H groups in total. The van der Waals surface area contributed by atoms with Crippen molar-refractivity contribution in [2.45, 2.75) is 38.3 Å². The van der Waals surface area contributed by atoms with E-state index in [0.717, 1.165) is 30.5 Å². The third-order valence-electron chi connectivity index (χ3n) is 5.20. The van der Waals surface area contributed by atoms with Crippen LogP contribution in [0.5, 0.6) is 0 Å². The normalized spacial score (nSPS) is 19.4. The molecule has 0 aliphatic heterocycles. The molecule has 140 valence electrons. The molecule has 1 aliphatic carbocycles. The minimum atomic E-state index is -0.185. The second-order valence-electron chi connectivity index (χ2n) is 7.18. The van der Waals surface area contributed by atoms with Crippen molar-refractivity contribution >= 4 is 17.2 Å². The summed E-state index contributed by atoms with van der Waals surface area (Å²) < 4.78 is 2.93. The molecule has 0 spiro atoms. The first kappa shape index (κ1) is 17.5. The first-order valence-electron chi connectivity index (χ1n) is 9.29. The molecular weight excluding hydrogens is 342 g/mol. The Morgan fingerprint density at radius 1 is 1.22 bits per heavy atom. The Morgan fingerprint density at radius 3 is 2.89 bits per heavy atom. The Balaban J connectivity index is 1.46. The lowest BCUT2D eigenvalue weighted by molar-refractivity contribution is -0.117. The van der Waals surface area contributed by atoms with Crippen LogP contribution >= 0.6 is 0 Å². The van der Waals surface area contributed by atoms with Crippen LogP contribution in [0.25, 0.3) is 5.65 Å². The first-order valence-corrected chi connectivity index (χ1v) is 9.29. The number of nitrogens with one attached hydrogen (secondary N) is 1. The third kappa shape index (κ3) is 3.78. The van der Waals surface area contributed by atoms with Gasteiger partial charge in [-0.05, 0) is 48.6 Å². The van der Waals surface area contributed by atoms with Gasteiger partial charge in [-0.2, -0.15) is 0 Å². The molecule has 2 heterocycles. The second-order valence-corrected chi connectivity index (χ2v) is 7.18. The van der Waals surface area contributed by atoms with Gasteiger partial charge in [0.2, 0.25) is 5.91 Å². The summed E-state index contributed by atoms with van der Waals surface area (Å²) >= 11 is 0. The summed E-state index contributed by atoms with van der Waals surface area (Å²) in [5, 5.41) is 7.29. The Bertz CT molecular complexity index is 1020. The first-order chi connectivity index (χ1) is 13.1. The standard InChI is InChI=1S/C20H23N5O2/c21-17-8-4-6-15(17)12-19(26)22-16-7-3-5-14(11-16)13-25-20(27)24-10-2-1-9-18(24)23-25/h1-3,5,7,9-11,15,17H,4,6,8,12-13,21H2,(H,22,26)/t15-,17+/m0/s1. The summed E-state index contributed by atoms with van der Waals surface area (Å²) in [6.07, 6.45) is 5.28. The van der Waals surface area contributed by atoms with Crippen molar-refractivity contribution in [1.29, 1.82) is 0 Å². The van der Waals surface area contributed by atoms with Gasteiger partial charge >= 0.3 is 5.69 Å². The van der Waals surface area contributed by atoms with E-state index in [1.807, 2.05) is 30.3 Å². The van der Waals surface area contributed by atoms with Gasteiger partial charge in [-0.3, -0.25) is 9.20 Å². The molecule has 1 fully saturated rings. The maximum atomic E-state index is 12.4. The van der Waals surface area contributed by atoms with Gasteiger partial charge in [0.1, 0.15) is 0 Å². The van der Waals surface area contributed by atoms with Crippen LogP contribution in [-0.2, 0) is 11.3 Å². The highest BCUT2D eigenvalue weighted by Crippen LogP contribution is 2.27. The summed E-state index contributed by atoms with van der Waals surface area (Å²) in [4.78, 5) is 24.7. The van der Waals surface area contributed by atoms with Crippen molar-refractivity contribution in [2.24, 2.45) is 11.7 Å². The van der Waals surface area contributed by atoms with Gasteiger partial charge in [0, 0.05) is 24.3 Å². The molecule has 2 atom stereocenters. The van der Waals surface area contributed by atoms with E-state index in [4.69, 9.17) is 5.73 Å². The number of carbonyl (C=O) groups excluding carboxylic acids is 1. The van der Waals surface area contributed by atoms with Crippen molar-refractivity contribution in [2.75, 3.05) is 5.32 Å². The van der Waals surface area contributed by atoms with E-state index >= 15 is 0 Å². The molecule has 0 bridgehead atoms. The van der Waals surface area contributed by atoms with Crippen molar-refractivity contribution in [3.63, 3.8) is 0 Å². The number of pyridine rings is 1. The number of hydrogen-bond donors (Lipinski definition) is 2. The number of carbonyl (C=O) groups is 1. The molecule has 1 aromatic carbocycles. The van der Waals surface area contributed by atoms with E-state index in [2.05, 4.69) is 10.4 Å². The van der Waals surface area contributed by atoms with E-state index in [-0.39, 0.29) is 23.6 Å². The SMILES string of the molecule is N[C@@H]1CCC[C@H]1CC(=O)Nc1cccc(Cn2nc3ccccn3c2=O)c1. The van der Waals surface area contributed by atoms with Crippen LogP contribution < -0.4 is 16.7 Å². The number of fused-ring (bicyclic) bond motifs is 1. The predicted octanol–water partition coefficient (Wildman–Crippen LogP) is 2.00. The topological polar surface area (TPSA) is 94.4 Å². The van der Waals surface area contributed by atoms with Crippen LogP contribution in [0.4, 0.5) is 5.69 Å². The van der Waals surface area contributed by atoms with Crippen molar-refractivity contribution in [1.82, 2.24) is 14.2 Å². The Morgan fingerprint density at radius 2 is 2.11 bits per heavy atom. The Kier molecular flexibility index (Phi) is 4.77. The van der Waals surface area contributed by atoms with Gasteiger partial charge < -0.3 is 11.1 Å². The van der Waals surface area contributed by atoms with E-state index in [1.54, 1.807) is 18.3 Å². The zero-order chi connectivity index (χ0) is 18.8. The van der Waals surface area contributed by atoms with E-state index < -0.39 is 0 Å². The lowest BCUT2D eigenvalue weighted by atomic mass is 10.00. The molecule has 0 saturated heterocycles. The molecule has 1 saturated carbocycles. The van der Waals surface area contributed by atoms with Gasteiger partial charge in [0.05, 0.1) is 6.54 Å². The fraction of sp³-hybridized carbons (Fsp3) is 0.350. The Hall–Kier alpha value is -2.93. The van der Waals surface area contributed by atoms with Gasteiger partial charge in [-0.1, -0.05) is 24.6 Å². The number of anilines is 1. The summed E-state index contributed by atoms with van der Waals surface area (Å²) in [7, 11) is 0. The smallest absolute Gasteiger partial charge is 0.327 e. The molecule has 3 aromatic rings. The summed E-state index contributed by atoms with van der Waals surface area (Å²) in [6.45, 7) is 0.345. The molecule has 1 aliphatic rings. The molecule has 2 aromatic heterocycles. The molecule has 4 rings (SSSR count). The van der Waals surface area contributed by atoms with Crippen molar-refractivity contribution in [3.8, 4) is 0 Å². The molecule has 7 nitrogen and oxygen atoms in total. The van der Waals surface area contributed by atoms with E-state index in [0.29, 0.717) is 18.6 Å². The lowest BCUT2D eigenvalue weighted by Crippen LogP contribution is -2.28. The van der Waals surface area contributed by atoms with Crippen LogP contribution in [0.1, 0.15) is 31.2 Å². The van der Waals surface area contributed by atoms with Crippen LogP contribution in [0.15, 0.2) is 53.5 Å². The van der Waals surface area contributed by atoms with Crippen LogP contribution in [0.3, 0.4) is 0 Å². The minimum Gasteiger partial charge on any atom is -0.327 e. The number of hydrogen-bond acceptors (Lipinski definition) is 4. The van der Waals surface area contributed by atoms with Crippen LogP contribution in [0.2, 0.25) is 0 Å². The van der Waals surface area contributed by atoms with Gasteiger partial charge in [0.15, 0.2) is 5.65 Å². The molecule has 1 amide bonds. The average molecular weight is 365 g/mol. The molecule has 7 heteroatoms. The number of amides is 1. The van der Waals surface area contributed by atoms with Crippen molar-refractivity contribution < 1.29 is 4.79 Å². The van der Waals surface area contributed by atoms with E-state index in [1.165, 1.54) is 9.08 Å². The highest BCUT2D eigenvalue weighted by atomic mass is 16.2. The number of aromatic nitrogens is 3. The second kappa shape index (κ2) is 7.36. The summed E-state index contributed by atoms with van der Waals surface area (Å²) in [5.41, 5.74) is 8.10. The molecule has 0 unspecified atom stereocenters. The monoisotopic (exact) mass is 365 g/mol. The quantitative estimate of drug-likeness (QED) is 0.723. The Labute approximate surface area is 156 Å². The zero-order valence-corrected chi connectivity index (χ0v) is 15.0. The van der Waals surface area contributed by atoms with E-state index in [9.17, 15) is 9.59 Å². The number of nitrogens with two attached hydrogens (primary N) is 1. The summed E-state index contributed by atoms with van der Waals surface area (Å²) in [6, 6.07) is 13.1. The average Bonchev–Trinajstić information content (AvgIpc) is 3.19. The predicted molar refractivity (Wildman–Crippen MR) is 104 cm³/mol. The van der Waals surface area contributed by atoms with Crippen LogP contribution in [-0.4, -0.2) is 26.1 Å². The fourth-order valence-electron chi connectivity index (χ4n) is 3.76. The highest BCUT2D eigenvalue weighted by Gasteiger charge is 2.26. The van der Waals surface area contributed by atoms with Crippen LogP contribution in [0, 0.1) is 5.92 Å². The largest absolute Gasteiger partial charge is 0.350 e. The minimum absolute atomic E-state index is 0.0144. The molecule has 0 radical (unpaired) electrons. The highest BCUT2D eigenvalue weighted by molar-refractivity contribution is 5.91. The zero-order valence-electron chi connectivity index (χ0n) is 15.0. The van der Waals surface area contributed by atoms with Gasteiger partial charge in [0.25, 0.3) is 0 Å². The fourth-order valence-corrected chi connectivity index (χ4v) is 3.76. The molecular formula is C20H23N5O2. The third-order valence-corrected chi connectivity index (χ3v) is 5.20. The van der Waals surface area contributed by atoms with Gasteiger partial charge in [-0.25, -0.2) is 9.48 Å². The van der Waals surface area contributed by atoms with Crippen molar-refractivity contribution in [3.05, 3.63) is 64.7 Å². The number of rotatable bonds is 5. The summed E-state index contributed by atoms with van der Waals surface area (Å²) in [5.74, 6) is 0.254.